The number of para-hydroxylation sites is 1. The lowest BCUT2D eigenvalue weighted by Gasteiger charge is -2.33. The highest BCUT2D eigenvalue weighted by Gasteiger charge is 2.33. The minimum absolute atomic E-state index is 0.0595. The lowest BCUT2D eigenvalue weighted by atomic mass is 10.1. The van der Waals surface area contributed by atoms with Crippen molar-refractivity contribution >= 4 is 17.6 Å². The number of nitrogens with zero attached hydrogens (tertiary/aromatic N) is 1. The van der Waals surface area contributed by atoms with E-state index in [2.05, 4.69) is 16.7 Å². The van der Waals surface area contributed by atoms with Crippen LogP contribution in [0.2, 0.25) is 0 Å². The highest BCUT2D eigenvalue weighted by Crippen LogP contribution is 2.28. The van der Waals surface area contributed by atoms with Gasteiger partial charge in [0.25, 0.3) is 0 Å². The van der Waals surface area contributed by atoms with Gasteiger partial charge in [-0.25, -0.2) is 0 Å². The maximum atomic E-state index is 11.9. The van der Waals surface area contributed by atoms with E-state index in [1.807, 2.05) is 17.0 Å². The first-order chi connectivity index (χ1) is 10.2. The molecule has 1 aromatic rings. The van der Waals surface area contributed by atoms with Crippen LogP contribution in [0.15, 0.2) is 18.2 Å². The molecule has 2 aliphatic heterocycles. The average Bonchev–Trinajstić information content (AvgIpc) is 2.96. The van der Waals surface area contributed by atoms with Gasteiger partial charge in [0.2, 0.25) is 5.91 Å². The van der Waals surface area contributed by atoms with Crippen LogP contribution in [0.5, 0.6) is 0 Å². The van der Waals surface area contributed by atoms with E-state index >= 15 is 0 Å². The Kier molecular flexibility index (Phi) is 3.79. The number of esters is 1. The first-order valence-electron chi connectivity index (χ1n) is 7.12. The highest BCUT2D eigenvalue weighted by atomic mass is 16.5. The van der Waals surface area contributed by atoms with Gasteiger partial charge in [-0.05, 0) is 17.5 Å². The predicted octanol–water partition coefficient (Wildman–Crippen LogP) is 0.128. The number of carbonyl (C=O) groups excluding carboxylic acids is 2. The summed E-state index contributed by atoms with van der Waals surface area (Å²) in [4.78, 5) is 25.4. The molecule has 1 aromatic carbocycles. The van der Waals surface area contributed by atoms with Gasteiger partial charge in [0.05, 0.1) is 13.7 Å². The van der Waals surface area contributed by atoms with E-state index in [-0.39, 0.29) is 18.4 Å². The first-order valence-corrected chi connectivity index (χ1v) is 7.12. The van der Waals surface area contributed by atoms with Crippen molar-refractivity contribution in [3.63, 3.8) is 0 Å². The van der Waals surface area contributed by atoms with E-state index in [4.69, 9.17) is 4.74 Å². The Bertz CT molecular complexity index is 573. The lowest BCUT2D eigenvalue weighted by Crippen LogP contribution is -2.57. The van der Waals surface area contributed by atoms with Crippen molar-refractivity contribution in [1.82, 2.24) is 10.2 Å². The molecule has 2 N–H and O–H groups in total. The second-order valence-electron chi connectivity index (χ2n) is 5.38. The number of anilines is 1. The van der Waals surface area contributed by atoms with Crippen LogP contribution in [0, 0.1) is 0 Å². The van der Waals surface area contributed by atoms with Crippen LogP contribution in [0.25, 0.3) is 0 Å². The summed E-state index contributed by atoms with van der Waals surface area (Å²) in [6.07, 6.45) is 1.02. The van der Waals surface area contributed by atoms with Crippen LogP contribution in [-0.2, 0) is 27.3 Å². The molecule has 0 radical (unpaired) electrons. The molecule has 6 nitrogen and oxygen atoms in total. The van der Waals surface area contributed by atoms with Crippen LogP contribution in [0.3, 0.4) is 0 Å². The van der Waals surface area contributed by atoms with Crippen molar-refractivity contribution in [3.8, 4) is 0 Å². The molecule has 0 aliphatic carbocycles. The van der Waals surface area contributed by atoms with E-state index in [0.29, 0.717) is 13.1 Å². The Labute approximate surface area is 123 Å². The van der Waals surface area contributed by atoms with E-state index in [1.54, 1.807) is 0 Å². The summed E-state index contributed by atoms with van der Waals surface area (Å²) < 4.78 is 4.84. The fraction of sp³-hybridized carbons (Fsp3) is 0.467. The van der Waals surface area contributed by atoms with Crippen molar-refractivity contribution < 1.29 is 14.3 Å². The molecule has 0 aromatic heterocycles. The third-order valence-corrected chi connectivity index (χ3v) is 4.06. The molecule has 2 aliphatic rings. The molecule has 3 rings (SSSR count). The molecule has 1 atom stereocenters. The molecule has 0 saturated carbocycles. The number of benzene rings is 1. The number of fused-ring (bicyclic) bond motifs is 1. The SMILES string of the molecule is COC(=O)C1CNC(=O)CN1Cc1cccc2c1NCC2. The van der Waals surface area contributed by atoms with Crippen LogP contribution >= 0.6 is 0 Å². The van der Waals surface area contributed by atoms with Gasteiger partial charge in [0.1, 0.15) is 6.04 Å². The molecule has 1 fully saturated rings. The molecule has 2 heterocycles. The lowest BCUT2D eigenvalue weighted by molar-refractivity contribution is -0.149. The summed E-state index contributed by atoms with van der Waals surface area (Å²) >= 11 is 0. The molecule has 1 amide bonds. The molecule has 1 saturated heterocycles. The smallest absolute Gasteiger partial charge is 0.324 e. The van der Waals surface area contributed by atoms with Gasteiger partial charge in [-0.3, -0.25) is 14.5 Å². The fourth-order valence-electron chi connectivity index (χ4n) is 2.99. The van der Waals surface area contributed by atoms with E-state index < -0.39 is 6.04 Å². The minimum Gasteiger partial charge on any atom is -0.468 e. The van der Waals surface area contributed by atoms with Crippen molar-refractivity contribution in [2.45, 2.75) is 19.0 Å². The molecule has 0 bridgehead atoms. The summed E-state index contributed by atoms with van der Waals surface area (Å²) in [6, 6.07) is 5.75. The number of hydrogen-bond donors (Lipinski definition) is 2. The molecular weight excluding hydrogens is 270 g/mol. The topological polar surface area (TPSA) is 70.7 Å². The number of amides is 1. The molecule has 6 heteroatoms. The summed E-state index contributed by atoms with van der Waals surface area (Å²) in [5.41, 5.74) is 3.56. The number of methoxy groups -OCH3 is 1. The molecule has 0 spiro atoms. The van der Waals surface area contributed by atoms with Crippen LogP contribution in [-0.4, -0.2) is 49.6 Å². The van der Waals surface area contributed by atoms with Gasteiger partial charge in [0, 0.05) is 25.3 Å². The predicted molar refractivity (Wildman–Crippen MR) is 77.9 cm³/mol. The largest absolute Gasteiger partial charge is 0.468 e. The van der Waals surface area contributed by atoms with Gasteiger partial charge >= 0.3 is 5.97 Å². The Morgan fingerprint density at radius 1 is 1.43 bits per heavy atom. The fourth-order valence-corrected chi connectivity index (χ4v) is 2.99. The van der Waals surface area contributed by atoms with Gasteiger partial charge in [-0.1, -0.05) is 18.2 Å². The summed E-state index contributed by atoms with van der Waals surface area (Å²) in [6.45, 7) is 2.01. The number of rotatable bonds is 3. The molecular formula is C15H19N3O3. The normalized spacial score (nSPS) is 21.4. The third-order valence-electron chi connectivity index (χ3n) is 4.06. The summed E-state index contributed by atoms with van der Waals surface area (Å²) in [5, 5.41) is 6.10. The summed E-state index contributed by atoms with van der Waals surface area (Å²) in [7, 11) is 1.37. The number of carbonyl (C=O) groups is 2. The van der Waals surface area contributed by atoms with E-state index in [0.717, 1.165) is 24.2 Å². The second-order valence-corrected chi connectivity index (χ2v) is 5.38. The minimum atomic E-state index is -0.426. The van der Waals surface area contributed by atoms with Crippen LogP contribution < -0.4 is 10.6 Å². The second kappa shape index (κ2) is 5.73. The summed E-state index contributed by atoms with van der Waals surface area (Å²) in [5.74, 6) is -0.369. The Balaban J connectivity index is 1.82. The van der Waals surface area contributed by atoms with Crippen molar-refractivity contribution in [2.24, 2.45) is 0 Å². The third kappa shape index (κ3) is 2.71. The van der Waals surface area contributed by atoms with Crippen molar-refractivity contribution in [1.29, 1.82) is 0 Å². The number of hydrogen-bond acceptors (Lipinski definition) is 5. The van der Waals surface area contributed by atoms with Crippen molar-refractivity contribution in [2.75, 3.05) is 32.1 Å². The quantitative estimate of drug-likeness (QED) is 0.774. The van der Waals surface area contributed by atoms with Gasteiger partial charge < -0.3 is 15.4 Å². The molecule has 21 heavy (non-hydrogen) atoms. The zero-order chi connectivity index (χ0) is 14.8. The Morgan fingerprint density at radius 2 is 2.29 bits per heavy atom. The first kappa shape index (κ1) is 13.9. The Morgan fingerprint density at radius 3 is 3.10 bits per heavy atom. The van der Waals surface area contributed by atoms with Crippen LogP contribution in [0.1, 0.15) is 11.1 Å². The standard InChI is InChI=1S/C15H19N3O3/c1-21-15(20)12-7-17-13(19)9-18(12)8-11-4-2-3-10-5-6-16-14(10)11/h2-4,12,16H,5-9H2,1H3,(H,17,19). The monoisotopic (exact) mass is 289 g/mol. The highest BCUT2D eigenvalue weighted by molar-refractivity contribution is 5.84. The van der Waals surface area contributed by atoms with E-state index in [1.165, 1.54) is 12.7 Å². The average molecular weight is 289 g/mol. The maximum absolute atomic E-state index is 11.9. The molecule has 112 valence electrons. The number of piperazine rings is 1. The Hall–Kier alpha value is -2.08. The van der Waals surface area contributed by atoms with Gasteiger partial charge in [-0.15, -0.1) is 0 Å². The maximum Gasteiger partial charge on any atom is 0.324 e. The van der Waals surface area contributed by atoms with Gasteiger partial charge in [0.15, 0.2) is 0 Å². The molecule has 1 unspecified atom stereocenters. The number of nitrogens with one attached hydrogen (secondary N) is 2. The van der Waals surface area contributed by atoms with Crippen molar-refractivity contribution in [3.05, 3.63) is 29.3 Å². The zero-order valence-electron chi connectivity index (χ0n) is 12.0. The number of ether oxygens (including phenoxy) is 1. The van der Waals surface area contributed by atoms with Gasteiger partial charge in [-0.2, -0.15) is 0 Å². The zero-order valence-corrected chi connectivity index (χ0v) is 12.0. The van der Waals surface area contributed by atoms with E-state index in [9.17, 15) is 9.59 Å². The van der Waals surface area contributed by atoms with Crippen LogP contribution in [0.4, 0.5) is 5.69 Å².